The first-order valence-corrected chi connectivity index (χ1v) is 12.2. The second-order valence-corrected chi connectivity index (χ2v) is 9.87. The fourth-order valence-electron chi connectivity index (χ4n) is 5.48. The van der Waals surface area contributed by atoms with Crippen molar-refractivity contribution in [2.45, 2.75) is 63.6 Å². The number of anilines is 2. The van der Waals surface area contributed by atoms with Crippen molar-refractivity contribution in [3.8, 4) is 0 Å². The Hall–Kier alpha value is -3.21. The third kappa shape index (κ3) is 4.11. The summed E-state index contributed by atoms with van der Waals surface area (Å²) in [5.74, 6) is 0.797. The number of ether oxygens (including phenoxy) is 1. The highest BCUT2D eigenvalue weighted by Gasteiger charge is 2.39. The van der Waals surface area contributed by atoms with Crippen molar-refractivity contribution in [3.63, 3.8) is 0 Å². The Bertz CT molecular complexity index is 1260. The average Bonchev–Trinajstić information content (AvgIpc) is 3.60. The van der Waals surface area contributed by atoms with Crippen LogP contribution in [0.5, 0.6) is 0 Å². The molecular weight excluding hydrogens is 456 g/mol. The van der Waals surface area contributed by atoms with Crippen LogP contribution >= 0.6 is 0 Å². The highest BCUT2D eigenvalue weighted by atomic mass is 19.3. The Labute approximate surface area is 200 Å². The average molecular weight is 484 g/mol. The van der Waals surface area contributed by atoms with Crippen molar-refractivity contribution in [2.24, 2.45) is 5.92 Å². The molecule has 0 radical (unpaired) electrons. The van der Waals surface area contributed by atoms with Crippen molar-refractivity contribution < 1.29 is 18.3 Å². The van der Waals surface area contributed by atoms with Crippen LogP contribution in [0.4, 0.5) is 20.3 Å². The number of carbonyl (C=O) groups excluding carboxylic acids is 1. The molecule has 35 heavy (non-hydrogen) atoms. The third-order valence-corrected chi connectivity index (χ3v) is 7.48. The van der Waals surface area contributed by atoms with E-state index in [0.717, 1.165) is 44.5 Å². The molecule has 3 fully saturated rings. The minimum atomic E-state index is -2.81. The van der Waals surface area contributed by atoms with Crippen LogP contribution in [0.25, 0.3) is 11.0 Å². The Morgan fingerprint density at radius 2 is 2.03 bits per heavy atom. The zero-order valence-electron chi connectivity index (χ0n) is 19.4. The Morgan fingerprint density at radius 1 is 1.20 bits per heavy atom. The Kier molecular flexibility index (Phi) is 5.58. The maximum atomic E-state index is 13.8. The van der Waals surface area contributed by atoms with E-state index in [9.17, 15) is 13.6 Å². The molecule has 6 rings (SSSR count). The SMILES string of the molecule is C[C@H]1CC[C@H](n2cc(NC(=O)c3cnnc4ccc(N5C[C@@H]6C[C@H]5CO6)nc34)c(C(F)F)n2)CC1. The summed E-state index contributed by atoms with van der Waals surface area (Å²) < 4.78 is 34.9. The van der Waals surface area contributed by atoms with Gasteiger partial charge >= 0.3 is 0 Å². The van der Waals surface area contributed by atoms with Gasteiger partial charge in [0.1, 0.15) is 16.9 Å². The largest absolute Gasteiger partial charge is 0.374 e. The highest BCUT2D eigenvalue weighted by Crippen LogP contribution is 2.35. The molecule has 5 heterocycles. The molecular formula is C24H27F2N7O2. The molecule has 1 amide bonds. The second-order valence-electron chi connectivity index (χ2n) is 9.87. The predicted molar refractivity (Wildman–Crippen MR) is 125 cm³/mol. The van der Waals surface area contributed by atoms with Crippen molar-refractivity contribution in [1.82, 2.24) is 25.0 Å². The van der Waals surface area contributed by atoms with Gasteiger partial charge in [-0.2, -0.15) is 10.2 Å². The third-order valence-electron chi connectivity index (χ3n) is 7.48. The van der Waals surface area contributed by atoms with E-state index >= 15 is 0 Å². The number of rotatable bonds is 5. The lowest BCUT2D eigenvalue weighted by Gasteiger charge is -2.28. The van der Waals surface area contributed by atoms with Gasteiger partial charge in [-0.1, -0.05) is 6.92 Å². The molecule has 3 aromatic rings. The summed E-state index contributed by atoms with van der Waals surface area (Å²) in [6.07, 6.45) is 5.03. The highest BCUT2D eigenvalue weighted by molar-refractivity contribution is 6.11. The molecule has 1 aliphatic carbocycles. The number of amides is 1. The van der Waals surface area contributed by atoms with Crippen LogP contribution in [0.3, 0.4) is 0 Å². The molecule has 3 aromatic heterocycles. The molecule has 1 N–H and O–H groups in total. The standard InChI is InChI=1S/C24H27F2N7O2/c1-13-2-4-14(5-3-13)33-11-19(22(31-33)23(25)26)28-24(34)17-9-27-30-18-6-7-20(29-21(17)18)32-10-16-8-15(32)12-35-16/h6-7,9,11,13-16,23H,2-5,8,10,12H2,1H3,(H,28,34)/t13-,14-,15-,16-/m0/s1. The van der Waals surface area contributed by atoms with Gasteiger partial charge < -0.3 is 15.0 Å². The second kappa shape index (κ2) is 8.78. The topological polar surface area (TPSA) is 98.1 Å². The Balaban J connectivity index is 1.29. The lowest BCUT2D eigenvalue weighted by atomic mass is 9.87. The maximum Gasteiger partial charge on any atom is 0.284 e. The maximum absolute atomic E-state index is 13.8. The van der Waals surface area contributed by atoms with Crippen LogP contribution in [0.2, 0.25) is 0 Å². The van der Waals surface area contributed by atoms with Gasteiger partial charge in [-0.15, -0.1) is 5.10 Å². The zero-order chi connectivity index (χ0) is 24.1. The van der Waals surface area contributed by atoms with E-state index in [4.69, 9.17) is 9.72 Å². The number of pyridine rings is 1. The van der Waals surface area contributed by atoms with Crippen LogP contribution < -0.4 is 10.2 Å². The quantitative estimate of drug-likeness (QED) is 0.582. The monoisotopic (exact) mass is 483 g/mol. The lowest BCUT2D eigenvalue weighted by Crippen LogP contribution is -2.37. The van der Waals surface area contributed by atoms with Gasteiger partial charge in [0, 0.05) is 12.7 Å². The number of hydrogen-bond acceptors (Lipinski definition) is 7. The molecule has 0 spiro atoms. The predicted octanol–water partition coefficient (Wildman–Crippen LogP) is 4.14. The first-order valence-electron chi connectivity index (χ1n) is 12.2. The van der Waals surface area contributed by atoms with E-state index < -0.39 is 18.0 Å². The van der Waals surface area contributed by atoms with Crippen LogP contribution in [0.15, 0.2) is 24.5 Å². The van der Waals surface area contributed by atoms with Crippen LogP contribution in [0.1, 0.15) is 67.5 Å². The van der Waals surface area contributed by atoms with Crippen LogP contribution in [0, 0.1) is 5.92 Å². The summed E-state index contributed by atoms with van der Waals surface area (Å²) in [7, 11) is 0. The van der Waals surface area contributed by atoms with Gasteiger partial charge in [-0.25, -0.2) is 13.8 Å². The molecule has 0 aromatic carbocycles. The molecule has 1 saturated carbocycles. The lowest BCUT2D eigenvalue weighted by molar-refractivity contribution is 0.0988. The van der Waals surface area contributed by atoms with E-state index in [1.807, 2.05) is 6.07 Å². The summed E-state index contributed by atoms with van der Waals surface area (Å²) in [5.41, 5.74) is 0.606. The fourth-order valence-corrected chi connectivity index (χ4v) is 5.48. The summed E-state index contributed by atoms with van der Waals surface area (Å²) in [6, 6.07) is 3.96. The van der Waals surface area contributed by atoms with Crippen molar-refractivity contribution in [3.05, 3.63) is 35.8 Å². The van der Waals surface area contributed by atoms with Crippen molar-refractivity contribution in [2.75, 3.05) is 23.4 Å². The summed E-state index contributed by atoms with van der Waals surface area (Å²) in [4.78, 5) is 20.2. The number of nitrogens with zero attached hydrogens (tertiary/aromatic N) is 6. The number of alkyl halides is 2. The minimum absolute atomic E-state index is 0.0127. The number of halogens is 2. The molecule has 2 saturated heterocycles. The molecule has 11 heteroatoms. The number of carbonyl (C=O) groups is 1. The number of aromatic nitrogens is 5. The number of hydrogen-bond donors (Lipinski definition) is 1. The van der Waals surface area contributed by atoms with Crippen molar-refractivity contribution >= 4 is 28.4 Å². The van der Waals surface area contributed by atoms with Crippen LogP contribution in [-0.4, -0.2) is 56.2 Å². The van der Waals surface area contributed by atoms with Gasteiger partial charge in [0.05, 0.1) is 42.2 Å². The number of nitrogens with one attached hydrogen (secondary N) is 1. The van der Waals surface area contributed by atoms with E-state index in [-0.39, 0.29) is 29.4 Å². The van der Waals surface area contributed by atoms with E-state index in [1.54, 1.807) is 10.7 Å². The zero-order valence-corrected chi connectivity index (χ0v) is 19.4. The summed E-state index contributed by atoms with van der Waals surface area (Å²) in [5, 5.41) is 14.8. The smallest absolute Gasteiger partial charge is 0.284 e. The van der Waals surface area contributed by atoms with Crippen LogP contribution in [-0.2, 0) is 4.74 Å². The molecule has 2 bridgehead atoms. The normalized spacial score (nSPS) is 26.1. The molecule has 9 nitrogen and oxygen atoms in total. The van der Waals surface area contributed by atoms with E-state index in [2.05, 4.69) is 32.4 Å². The molecule has 184 valence electrons. The molecule has 2 atom stereocenters. The van der Waals surface area contributed by atoms with E-state index in [1.165, 1.54) is 12.4 Å². The molecule has 0 unspecified atom stereocenters. The van der Waals surface area contributed by atoms with E-state index in [0.29, 0.717) is 23.6 Å². The minimum Gasteiger partial charge on any atom is -0.374 e. The van der Waals surface area contributed by atoms with Gasteiger partial charge in [0.2, 0.25) is 0 Å². The Morgan fingerprint density at radius 3 is 2.74 bits per heavy atom. The van der Waals surface area contributed by atoms with Crippen molar-refractivity contribution in [1.29, 1.82) is 0 Å². The van der Waals surface area contributed by atoms with Gasteiger partial charge in [-0.3, -0.25) is 9.48 Å². The first-order chi connectivity index (χ1) is 17.0. The molecule has 2 aliphatic heterocycles. The first kappa shape index (κ1) is 22.3. The van der Waals surface area contributed by atoms with Gasteiger partial charge in [-0.05, 0) is 50.2 Å². The fraction of sp³-hybridized carbons (Fsp3) is 0.542. The summed E-state index contributed by atoms with van der Waals surface area (Å²) in [6.45, 7) is 3.61. The van der Waals surface area contributed by atoms with Gasteiger partial charge in [0.15, 0.2) is 5.69 Å². The van der Waals surface area contributed by atoms with Gasteiger partial charge in [0.25, 0.3) is 12.3 Å². The molecule has 3 aliphatic rings. The summed E-state index contributed by atoms with van der Waals surface area (Å²) >= 11 is 0. The number of fused-ring (bicyclic) bond motifs is 3. The number of morpholine rings is 1.